The summed E-state index contributed by atoms with van der Waals surface area (Å²) in [6.07, 6.45) is -0.289. The molecule has 0 bridgehead atoms. The standard InChI is InChI=1S/C18H16INO5/c19-14-8-13(6-7-16(14)21)9-15-17(22)25-11-20(15)18(23)24-10-12-4-2-1-3-5-12/h1-8,15,21H,9-11H2/t15-/m0/s1. The van der Waals surface area contributed by atoms with Crippen molar-refractivity contribution >= 4 is 34.7 Å². The van der Waals surface area contributed by atoms with Crippen LogP contribution in [0.2, 0.25) is 0 Å². The Bertz CT molecular complexity index is 780. The summed E-state index contributed by atoms with van der Waals surface area (Å²) in [5.74, 6) is -0.280. The van der Waals surface area contributed by atoms with Crippen molar-refractivity contribution in [1.82, 2.24) is 4.90 Å². The predicted octanol–water partition coefficient (Wildman–Crippen LogP) is 3.06. The molecule has 1 fully saturated rings. The Balaban J connectivity index is 1.66. The molecule has 1 amide bonds. The van der Waals surface area contributed by atoms with E-state index in [1.165, 1.54) is 4.90 Å². The highest BCUT2D eigenvalue weighted by Crippen LogP contribution is 2.23. The van der Waals surface area contributed by atoms with Crippen molar-refractivity contribution in [2.45, 2.75) is 19.1 Å². The number of esters is 1. The molecule has 0 saturated carbocycles. The summed E-state index contributed by atoms with van der Waals surface area (Å²) >= 11 is 2.01. The number of hydrogen-bond acceptors (Lipinski definition) is 5. The summed E-state index contributed by atoms with van der Waals surface area (Å²) in [6, 6.07) is 13.6. The normalized spacial score (nSPS) is 16.6. The molecular formula is C18H16INO5. The Kier molecular flexibility index (Phi) is 5.42. The van der Waals surface area contributed by atoms with E-state index >= 15 is 0 Å². The zero-order valence-electron chi connectivity index (χ0n) is 13.2. The lowest BCUT2D eigenvalue weighted by Crippen LogP contribution is -2.39. The van der Waals surface area contributed by atoms with Gasteiger partial charge < -0.3 is 14.6 Å². The van der Waals surface area contributed by atoms with Crippen LogP contribution in [0.15, 0.2) is 48.5 Å². The zero-order chi connectivity index (χ0) is 17.8. The monoisotopic (exact) mass is 453 g/mol. The maximum absolute atomic E-state index is 12.3. The molecule has 2 aromatic rings. The molecule has 6 nitrogen and oxygen atoms in total. The molecule has 1 heterocycles. The van der Waals surface area contributed by atoms with E-state index in [4.69, 9.17) is 9.47 Å². The first-order valence-corrected chi connectivity index (χ1v) is 8.74. The van der Waals surface area contributed by atoms with Gasteiger partial charge in [-0.15, -0.1) is 0 Å². The van der Waals surface area contributed by atoms with Crippen molar-refractivity contribution in [2.75, 3.05) is 6.73 Å². The first-order valence-electron chi connectivity index (χ1n) is 7.66. The van der Waals surface area contributed by atoms with E-state index in [1.807, 2.05) is 52.9 Å². The molecule has 1 atom stereocenters. The summed E-state index contributed by atoms with van der Waals surface area (Å²) in [5, 5.41) is 9.59. The van der Waals surface area contributed by atoms with E-state index in [-0.39, 0.29) is 19.1 Å². The molecule has 1 saturated heterocycles. The third-order valence-electron chi connectivity index (χ3n) is 3.87. The number of carbonyl (C=O) groups is 2. The van der Waals surface area contributed by atoms with E-state index < -0.39 is 18.1 Å². The number of carbonyl (C=O) groups excluding carboxylic acids is 2. The van der Waals surface area contributed by atoms with Crippen molar-refractivity contribution < 1.29 is 24.2 Å². The fourth-order valence-electron chi connectivity index (χ4n) is 2.52. The average molecular weight is 453 g/mol. The van der Waals surface area contributed by atoms with Gasteiger partial charge in [-0.3, -0.25) is 4.90 Å². The van der Waals surface area contributed by atoms with Crippen LogP contribution < -0.4 is 0 Å². The Hall–Kier alpha value is -2.29. The second-order valence-corrected chi connectivity index (χ2v) is 6.77. The molecule has 0 spiro atoms. The fraction of sp³-hybridized carbons (Fsp3) is 0.222. The van der Waals surface area contributed by atoms with E-state index in [0.29, 0.717) is 9.99 Å². The van der Waals surface area contributed by atoms with Crippen molar-refractivity contribution in [3.05, 3.63) is 63.2 Å². The molecule has 3 rings (SSSR count). The number of ether oxygens (including phenoxy) is 2. The quantitative estimate of drug-likeness (QED) is 0.569. The Morgan fingerprint density at radius 1 is 1.24 bits per heavy atom. The maximum Gasteiger partial charge on any atom is 0.413 e. The van der Waals surface area contributed by atoms with Crippen LogP contribution in [0.1, 0.15) is 11.1 Å². The first-order chi connectivity index (χ1) is 12.0. The van der Waals surface area contributed by atoms with Crippen LogP contribution in [-0.4, -0.2) is 34.8 Å². The predicted molar refractivity (Wildman–Crippen MR) is 97.7 cm³/mol. The molecule has 0 aliphatic carbocycles. The van der Waals surface area contributed by atoms with E-state index in [2.05, 4.69) is 0 Å². The van der Waals surface area contributed by atoms with Gasteiger partial charge in [0.05, 0.1) is 3.57 Å². The van der Waals surface area contributed by atoms with Crippen molar-refractivity contribution in [2.24, 2.45) is 0 Å². The number of benzene rings is 2. The third-order valence-corrected chi connectivity index (χ3v) is 4.74. The van der Waals surface area contributed by atoms with Gasteiger partial charge in [0, 0.05) is 6.42 Å². The number of hydrogen-bond donors (Lipinski definition) is 1. The third kappa shape index (κ3) is 4.22. The topological polar surface area (TPSA) is 76.1 Å². The molecule has 0 unspecified atom stereocenters. The van der Waals surface area contributed by atoms with Gasteiger partial charge in [0.2, 0.25) is 0 Å². The van der Waals surface area contributed by atoms with Gasteiger partial charge in [-0.05, 0) is 45.9 Å². The summed E-state index contributed by atoms with van der Waals surface area (Å²) in [5.41, 5.74) is 1.69. The van der Waals surface area contributed by atoms with Gasteiger partial charge in [-0.2, -0.15) is 0 Å². The van der Waals surface area contributed by atoms with Crippen LogP contribution in [0.25, 0.3) is 0 Å². The average Bonchev–Trinajstić information content (AvgIpc) is 2.98. The molecule has 0 radical (unpaired) electrons. The number of phenols is 1. The Morgan fingerprint density at radius 2 is 2.00 bits per heavy atom. The van der Waals surface area contributed by atoms with Gasteiger partial charge in [-0.1, -0.05) is 36.4 Å². The minimum absolute atomic E-state index is 0.119. The molecule has 2 aromatic carbocycles. The smallest absolute Gasteiger partial charge is 0.413 e. The van der Waals surface area contributed by atoms with E-state index in [1.54, 1.807) is 18.2 Å². The largest absolute Gasteiger partial charge is 0.507 e. The van der Waals surface area contributed by atoms with Gasteiger partial charge in [0.15, 0.2) is 6.73 Å². The van der Waals surface area contributed by atoms with Crippen LogP contribution in [0.5, 0.6) is 5.75 Å². The Morgan fingerprint density at radius 3 is 2.72 bits per heavy atom. The maximum atomic E-state index is 12.3. The minimum Gasteiger partial charge on any atom is -0.507 e. The molecule has 7 heteroatoms. The van der Waals surface area contributed by atoms with Crippen molar-refractivity contribution in [1.29, 1.82) is 0 Å². The Labute approximate surface area is 158 Å². The van der Waals surface area contributed by atoms with Gasteiger partial charge in [0.25, 0.3) is 0 Å². The molecule has 1 aliphatic rings. The summed E-state index contributed by atoms with van der Waals surface area (Å²) in [4.78, 5) is 25.6. The lowest BCUT2D eigenvalue weighted by Gasteiger charge is -2.20. The lowest BCUT2D eigenvalue weighted by molar-refractivity contribution is -0.139. The summed E-state index contributed by atoms with van der Waals surface area (Å²) in [6.45, 7) is 0.0144. The molecule has 1 N–H and O–H groups in total. The van der Waals surface area contributed by atoms with Crippen LogP contribution in [0, 0.1) is 3.57 Å². The van der Waals surface area contributed by atoms with Crippen LogP contribution in [-0.2, 0) is 27.3 Å². The van der Waals surface area contributed by atoms with Crippen molar-refractivity contribution in [3.8, 4) is 5.75 Å². The molecule has 25 heavy (non-hydrogen) atoms. The zero-order valence-corrected chi connectivity index (χ0v) is 15.4. The summed E-state index contributed by atoms with van der Waals surface area (Å²) < 4.78 is 11.0. The second kappa shape index (κ2) is 7.73. The SMILES string of the molecule is O=C1OCN(C(=O)OCc2ccccc2)[C@H]1Cc1ccc(O)c(I)c1. The first kappa shape index (κ1) is 17.5. The summed E-state index contributed by atoms with van der Waals surface area (Å²) in [7, 11) is 0. The molecule has 0 aromatic heterocycles. The molecular weight excluding hydrogens is 437 g/mol. The number of cyclic esters (lactones) is 1. The van der Waals surface area contributed by atoms with Crippen LogP contribution in [0.3, 0.4) is 0 Å². The number of halogens is 1. The van der Waals surface area contributed by atoms with Gasteiger partial charge >= 0.3 is 12.1 Å². The number of rotatable bonds is 4. The van der Waals surface area contributed by atoms with Gasteiger partial charge in [-0.25, -0.2) is 9.59 Å². The number of amides is 1. The van der Waals surface area contributed by atoms with Crippen LogP contribution >= 0.6 is 22.6 Å². The highest BCUT2D eigenvalue weighted by atomic mass is 127. The number of aromatic hydroxyl groups is 1. The highest BCUT2D eigenvalue weighted by molar-refractivity contribution is 14.1. The minimum atomic E-state index is -0.733. The fourth-order valence-corrected chi connectivity index (χ4v) is 3.10. The number of phenolic OH excluding ortho intramolecular Hbond substituents is 1. The van der Waals surface area contributed by atoms with E-state index in [9.17, 15) is 14.7 Å². The van der Waals surface area contributed by atoms with Gasteiger partial charge in [0.1, 0.15) is 18.4 Å². The highest BCUT2D eigenvalue weighted by Gasteiger charge is 2.38. The van der Waals surface area contributed by atoms with Crippen molar-refractivity contribution in [3.63, 3.8) is 0 Å². The molecule has 1 aliphatic heterocycles. The second-order valence-electron chi connectivity index (χ2n) is 5.61. The van der Waals surface area contributed by atoms with E-state index in [0.717, 1.165) is 11.1 Å². The lowest BCUT2D eigenvalue weighted by atomic mass is 10.1. The van der Waals surface area contributed by atoms with Crippen LogP contribution in [0.4, 0.5) is 4.79 Å². The number of nitrogens with zero attached hydrogens (tertiary/aromatic N) is 1. The molecule has 130 valence electrons.